The van der Waals surface area contributed by atoms with Crippen LogP contribution in [0.1, 0.15) is 16.6 Å². The third kappa shape index (κ3) is 2.78. The number of para-hydroxylation sites is 1. The zero-order valence-electron chi connectivity index (χ0n) is 10.2. The molecule has 0 N–H and O–H groups in total. The molecule has 0 spiro atoms. The van der Waals surface area contributed by atoms with Crippen LogP contribution in [0.2, 0.25) is 0 Å². The van der Waals surface area contributed by atoms with Crippen molar-refractivity contribution in [1.82, 2.24) is 0 Å². The van der Waals surface area contributed by atoms with Crippen LogP contribution in [0.25, 0.3) is 0 Å². The van der Waals surface area contributed by atoms with Gasteiger partial charge in [-0.05, 0) is 6.07 Å². The summed E-state index contributed by atoms with van der Waals surface area (Å²) < 4.78 is 30.5. The van der Waals surface area contributed by atoms with Crippen LogP contribution < -0.4 is 4.74 Å². The molecule has 0 atom stereocenters. The van der Waals surface area contributed by atoms with Gasteiger partial charge in [-0.1, -0.05) is 18.2 Å². The predicted molar refractivity (Wildman–Crippen MR) is 48.5 cm³/mol. The Morgan fingerprint density at radius 3 is 3.00 bits per heavy atom. The molecule has 0 aromatic heterocycles. The van der Waals surface area contributed by atoms with Crippen molar-refractivity contribution in [2.45, 2.75) is 13.5 Å². The first-order valence-corrected chi connectivity index (χ1v) is 3.79. The van der Waals surface area contributed by atoms with E-state index in [1.54, 1.807) is 18.2 Å². The van der Waals surface area contributed by atoms with Gasteiger partial charge in [0.2, 0.25) is 0 Å². The van der Waals surface area contributed by atoms with Gasteiger partial charge < -0.3 is 9.47 Å². The SMILES string of the molecule is [3H]C([3H])([3H])Oc1ccccc1COC(C)=O. The van der Waals surface area contributed by atoms with Gasteiger partial charge in [-0.15, -0.1) is 0 Å². The lowest BCUT2D eigenvalue weighted by atomic mass is 10.2. The number of carbonyl (C=O) groups excluding carboxylic acids is 1. The van der Waals surface area contributed by atoms with Gasteiger partial charge in [-0.25, -0.2) is 0 Å². The van der Waals surface area contributed by atoms with E-state index in [-0.39, 0.29) is 12.4 Å². The summed E-state index contributed by atoms with van der Waals surface area (Å²) in [7, 11) is -2.51. The van der Waals surface area contributed by atoms with Crippen molar-refractivity contribution >= 4 is 5.97 Å². The highest BCUT2D eigenvalue weighted by Gasteiger charge is 2.02. The summed E-state index contributed by atoms with van der Waals surface area (Å²) in [6, 6.07) is 6.53. The smallest absolute Gasteiger partial charge is 0.302 e. The monoisotopic (exact) mass is 186 g/mol. The molecule has 0 aliphatic carbocycles. The fraction of sp³-hybridized carbons (Fsp3) is 0.300. The van der Waals surface area contributed by atoms with Crippen molar-refractivity contribution in [2.75, 3.05) is 7.04 Å². The molecule has 1 rings (SSSR count). The number of methoxy groups -OCH3 is 1. The highest BCUT2D eigenvalue weighted by Crippen LogP contribution is 2.17. The molecule has 0 bridgehead atoms. The molecule has 0 radical (unpaired) electrons. The van der Waals surface area contributed by atoms with Gasteiger partial charge in [0.25, 0.3) is 0 Å². The third-order valence-corrected chi connectivity index (χ3v) is 1.51. The Kier molecular flexibility index (Phi) is 2.08. The van der Waals surface area contributed by atoms with Crippen LogP contribution in [0.5, 0.6) is 5.75 Å². The van der Waals surface area contributed by atoms with Crippen molar-refractivity contribution in [3.05, 3.63) is 29.8 Å². The first-order chi connectivity index (χ1) is 7.38. The van der Waals surface area contributed by atoms with Crippen molar-refractivity contribution in [3.8, 4) is 5.75 Å². The minimum atomic E-state index is -2.51. The molecule has 0 saturated heterocycles. The lowest BCUT2D eigenvalue weighted by molar-refractivity contribution is -0.142. The standard InChI is InChI=1S/C10H12O3/c1-8(11)13-7-9-5-3-4-6-10(9)12-2/h3-6H,7H2,1-2H3/i2T3. The van der Waals surface area contributed by atoms with E-state index < -0.39 is 13.0 Å². The zero-order chi connectivity index (χ0) is 12.2. The highest BCUT2D eigenvalue weighted by atomic mass is 16.5. The maximum Gasteiger partial charge on any atom is 0.302 e. The number of hydrogen-bond acceptors (Lipinski definition) is 3. The summed E-state index contributed by atoms with van der Waals surface area (Å²) in [5, 5.41) is 0. The van der Waals surface area contributed by atoms with Crippen LogP contribution in [-0.2, 0) is 16.1 Å². The van der Waals surface area contributed by atoms with Crippen LogP contribution in [0.15, 0.2) is 24.3 Å². The third-order valence-electron chi connectivity index (χ3n) is 1.51. The van der Waals surface area contributed by atoms with Crippen molar-refractivity contribution in [2.24, 2.45) is 0 Å². The molecule has 3 heteroatoms. The first-order valence-electron chi connectivity index (χ1n) is 5.29. The quantitative estimate of drug-likeness (QED) is 0.675. The molecule has 0 fully saturated rings. The van der Waals surface area contributed by atoms with E-state index in [2.05, 4.69) is 0 Å². The molecule has 3 nitrogen and oxygen atoms in total. The number of rotatable bonds is 3. The Bertz CT molecular complexity index is 374. The first kappa shape index (κ1) is 6.02. The summed E-state index contributed by atoms with van der Waals surface area (Å²) in [4.78, 5) is 10.6. The molecule has 1 aromatic carbocycles. The molecule has 0 unspecified atom stereocenters. The number of ether oxygens (including phenoxy) is 2. The summed E-state index contributed by atoms with van der Waals surface area (Å²) in [5.41, 5.74) is 0.522. The largest absolute Gasteiger partial charge is 0.496 e. The topological polar surface area (TPSA) is 35.5 Å². The van der Waals surface area contributed by atoms with Gasteiger partial charge in [0.15, 0.2) is 0 Å². The van der Waals surface area contributed by atoms with Crippen LogP contribution in [0.3, 0.4) is 0 Å². The summed E-state index contributed by atoms with van der Waals surface area (Å²) in [6.45, 7) is 1.29. The number of esters is 1. The summed E-state index contributed by atoms with van der Waals surface area (Å²) in [5.74, 6) is -0.229. The van der Waals surface area contributed by atoms with E-state index in [0.717, 1.165) is 0 Å². The molecule has 0 heterocycles. The second-order valence-electron chi connectivity index (χ2n) is 2.49. The molecule has 70 valence electrons. The number of hydrogen-bond donors (Lipinski definition) is 0. The number of benzene rings is 1. The van der Waals surface area contributed by atoms with Gasteiger partial charge >= 0.3 is 5.97 Å². The fourth-order valence-electron chi connectivity index (χ4n) is 0.902. The minimum Gasteiger partial charge on any atom is -0.496 e. The van der Waals surface area contributed by atoms with Gasteiger partial charge in [-0.2, -0.15) is 0 Å². The van der Waals surface area contributed by atoms with E-state index in [4.69, 9.17) is 13.6 Å². The average molecular weight is 186 g/mol. The van der Waals surface area contributed by atoms with Crippen LogP contribution in [0.4, 0.5) is 0 Å². The maximum atomic E-state index is 10.6. The Labute approximate surface area is 81.5 Å². The summed E-state index contributed by atoms with van der Waals surface area (Å²) in [6.07, 6.45) is 0. The van der Waals surface area contributed by atoms with Gasteiger partial charge in [0, 0.05) is 12.5 Å². The molecular formula is C10H12O3. The van der Waals surface area contributed by atoms with Crippen molar-refractivity contribution in [1.29, 1.82) is 0 Å². The van der Waals surface area contributed by atoms with E-state index in [1.807, 2.05) is 0 Å². The van der Waals surface area contributed by atoms with E-state index in [9.17, 15) is 4.79 Å². The van der Waals surface area contributed by atoms with E-state index in [0.29, 0.717) is 5.56 Å². The Morgan fingerprint density at radius 1 is 1.54 bits per heavy atom. The van der Waals surface area contributed by atoms with E-state index in [1.165, 1.54) is 13.0 Å². The van der Waals surface area contributed by atoms with Crippen LogP contribution in [-0.4, -0.2) is 13.0 Å². The molecule has 0 aliphatic rings. The highest BCUT2D eigenvalue weighted by molar-refractivity contribution is 5.66. The molecule has 1 aromatic rings. The number of carbonyl (C=O) groups is 1. The summed E-state index contributed by atoms with van der Waals surface area (Å²) >= 11 is 0. The van der Waals surface area contributed by atoms with Crippen LogP contribution in [0, 0.1) is 0 Å². The van der Waals surface area contributed by atoms with E-state index >= 15 is 0 Å². The second kappa shape index (κ2) is 4.50. The second-order valence-corrected chi connectivity index (χ2v) is 2.49. The average Bonchev–Trinajstić information content (AvgIpc) is 2.14. The molecule has 0 aliphatic heterocycles. The van der Waals surface area contributed by atoms with Gasteiger partial charge in [0.05, 0.1) is 11.2 Å². The minimum absolute atomic E-state index is 0.00157. The molecular weight excluding hydrogens is 168 g/mol. The zero-order valence-corrected chi connectivity index (χ0v) is 7.24. The molecule has 13 heavy (non-hydrogen) atoms. The predicted octanol–water partition coefficient (Wildman–Crippen LogP) is 1.76. The van der Waals surface area contributed by atoms with Gasteiger partial charge in [-0.3, -0.25) is 4.79 Å². The Balaban J connectivity index is 2.79. The maximum absolute atomic E-state index is 10.6. The van der Waals surface area contributed by atoms with Crippen molar-refractivity contribution < 1.29 is 18.4 Å². The molecule has 0 amide bonds. The Hall–Kier alpha value is -1.51. The normalized spacial score (nSPS) is 13.8. The lowest BCUT2D eigenvalue weighted by Gasteiger charge is -2.07. The fourth-order valence-corrected chi connectivity index (χ4v) is 0.902. The molecule has 0 saturated carbocycles. The Morgan fingerprint density at radius 2 is 2.31 bits per heavy atom. The lowest BCUT2D eigenvalue weighted by Crippen LogP contribution is -2.00. The van der Waals surface area contributed by atoms with Gasteiger partial charge in [0.1, 0.15) is 12.4 Å². The van der Waals surface area contributed by atoms with Crippen molar-refractivity contribution in [3.63, 3.8) is 0 Å². The van der Waals surface area contributed by atoms with Crippen LogP contribution >= 0.6 is 0 Å².